The third-order valence-corrected chi connectivity index (χ3v) is 15.6. The van der Waals surface area contributed by atoms with Crippen LogP contribution in [-0.2, 0) is 33.2 Å². The fourth-order valence-electron chi connectivity index (χ4n) is 10.3. The van der Waals surface area contributed by atoms with Crippen molar-refractivity contribution in [2.24, 2.45) is 0 Å². The lowest BCUT2D eigenvalue weighted by atomic mass is 9.96. The first-order chi connectivity index (χ1) is 41.8. The molecule has 0 spiro atoms. The Morgan fingerprint density at radius 2 is 0.814 bits per heavy atom. The Bertz CT molecular complexity index is 1940. The lowest BCUT2D eigenvalue weighted by Crippen LogP contribution is -2.66. The van der Waals surface area contributed by atoms with E-state index in [0.717, 1.165) is 103 Å². The summed E-state index contributed by atoms with van der Waals surface area (Å²) in [6.07, 6.45) is 35.2. The molecule has 3 saturated heterocycles. The Kier molecular flexibility index (Phi) is 43.4. The number of carbonyl (C=O) groups is 1. The SMILES string of the molecule is CC/C=C\C/C=C\C/C=C\C/C=C\C/C=C\C/C=C\CCCCCCCCCCC(=O)NC(COC1OC(CO)C(OC2OC(CO)C(OC3OC(CO)C(O)C(O)C3O)C(O)C2O)C(O)C1O)C(O)/C=C/CC/C=C/CCCCCCCCCC. The average Bonchev–Trinajstić information content (AvgIpc) is 1.96. The minimum absolute atomic E-state index is 0.219. The van der Waals surface area contributed by atoms with Crippen LogP contribution in [0.1, 0.15) is 187 Å². The number of carbonyl (C=O) groups excluding carboxylic acids is 1. The predicted molar refractivity (Wildman–Crippen MR) is 332 cm³/mol. The van der Waals surface area contributed by atoms with Crippen LogP contribution in [0.2, 0.25) is 0 Å². The minimum atomic E-state index is -1.99. The highest BCUT2D eigenvalue weighted by Crippen LogP contribution is 2.33. The topological polar surface area (TPSA) is 307 Å². The van der Waals surface area contributed by atoms with Gasteiger partial charge in [0.05, 0.1) is 38.6 Å². The summed E-state index contributed by atoms with van der Waals surface area (Å²) >= 11 is 0. The van der Waals surface area contributed by atoms with Gasteiger partial charge in [-0.2, -0.15) is 0 Å². The third kappa shape index (κ3) is 31.0. The van der Waals surface area contributed by atoms with Crippen molar-refractivity contribution in [3.8, 4) is 0 Å². The Morgan fingerprint density at radius 1 is 0.430 bits per heavy atom. The zero-order valence-corrected chi connectivity index (χ0v) is 51.7. The van der Waals surface area contributed by atoms with Gasteiger partial charge in [-0.15, -0.1) is 0 Å². The van der Waals surface area contributed by atoms with Gasteiger partial charge >= 0.3 is 0 Å². The second-order valence-corrected chi connectivity index (χ2v) is 22.8. The van der Waals surface area contributed by atoms with Crippen molar-refractivity contribution >= 4 is 5.91 Å². The zero-order valence-electron chi connectivity index (χ0n) is 51.7. The van der Waals surface area contributed by atoms with Crippen molar-refractivity contribution in [2.45, 2.75) is 291 Å². The maximum Gasteiger partial charge on any atom is 0.220 e. The number of rotatable bonds is 47. The Labute approximate surface area is 513 Å². The van der Waals surface area contributed by atoms with Crippen LogP contribution >= 0.6 is 0 Å². The van der Waals surface area contributed by atoms with Crippen LogP contribution in [0.4, 0.5) is 0 Å². The number of aliphatic hydroxyl groups is 11. The summed E-state index contributed by atoms with van der Waals surface area (Å²) in [5, 5.41) is 120. The predicted octanol–water partition coefficient (Wildman–Crippen LogP) is 7.32. The molecule has 0 aromatic carbocycles. The van der Waals surface area contributed by atoms with E-state index in [0.29, 0.717) is 12.8 Å². The van der Waals surface area contributed by atoms with Gasteiger partial charge in [-0.3, -0.25) is 4.79 Å². The summed E-state index contributed by atoms with van der Waals surface area (Å²) in [7, 11) is 0. The molecule has 3 heterocycles. The summed E-state index contributed by atoms with van der Waals surface area (Å²) < 4.78 is 34.2. The minimum Gasteiger partial charge on any atom is -0.394 e. The quantitative estimate of drug-likeness (QED) is 0.0210. The molecule has 0 bridgehead atoms. The van der Waals surface area contributed by atoms with Gasteiger partial charge in [0.15, 0.2) is 18.9 Å². The van der Waals surface area contributed by atoms with Gasteiger partial charge in [0.1, 0.15) is 73.2 Å². The average molecular weight is 1220 g/mol. The van der Waals surface area contributed by atoms with Gasteiger partial charge < -0.3 is 89.9 Å². The second-order valence-electron chi connectivity index (χ2n) is 22.8. The Morgan fingerprint density at radius 3 is 1.30 bits per heavy atom. The maximum atomic E-state index is 13.4. The van der Waals surface area contributed by atoms with Crippen molar-refractivity contribution in [2.75, 3.05) is 26.4 Å². The molecule has 1 amide bonds. The number of aliphatic hydroxyl groups excluding tert-OH is 11. The van der Waals surface area contributed by atoms with E-state index in [-0.39, 0.29) is 18.9 Å². The van der Waals surface area contributed by atoms with Gasteiger partial charge in [0.25, 0.3) is 0 Å². The van der Waals surface area contributed by atoms with Gasteiger partial charge in [0.2, 0.25) is 5.91 Å². The van der Waals surface area contributed by atoms with Crippen molar-refractivity contribution in [3.63, 3.8) is 0 Å². The third-order valence-electron chi connectivity index (χ3n) is 15.6. The fraction of sp³-hybridized carbons (Fsp3) is 0.746. The lowest BCUT2D eigenvalue weighted by molar-refractivity contribution is -0.379. The fourth-order valence-corrected chi connectivity index (χ4v) is 10.3. The highest BCUT2D eigenvalue weighted by Gasteiger charge is 2.53. The molecule has 494 valence electrons. The van der Waals surface area contributed by atoms with Crippen LogP contribution < -0.4 is 5.32 Å². The first-order valence-corrected chi connectivity index (χ1v) is 32.5. The van der Waals surface area contributed by atoms with Crippen molar-refractivity contribution in [1.29, 1.82) is 0 Å². The van der Waals surface area contributed by atoms with E-state index in [2.05, 4.69) is 104 Å². The van der Waals surface area contributed by atoms with E-state index in [4.69, 9.17) is 28.4 Å². The van der Waals surface area contributed by atoms with Crippen LogP contribution in [0.15, 0.2) is 97.2 Å². The Balaban J connectivity index is 1.45. The summed E-state index contributed by atoms with van der Waals surface area (Å²) in [6, 6.07) is -1.00. The molecule has 0 aromatic rings. The molecule has 17 atom stereocenters. The van der Waals surface area contributed by atoms with Crippen molar-refractivity contribution in [3.05, 3.63) is 97.2 Å². The molecule has 0 radical (unpaired) electrons. The van der Waals surface area contributed by atoms with E-state index in [9.17, 15) is 61.0 Å². The molecule has 3 aliphatic heterocycles. The first-order valence-electron chi connectivity index (χ1n) is 32.5. The molecule has 17 unspecified atom stereocenters. The van der Waals surface area contributed by atoms with Crippen LogP contribution in [0.25, 0.3) is 0 Å². The van der Waals surface area contributed by atoms with Gasteiger partial charge in [-0.05, 0) is 83.5 Å². The van der Waals surface area contributed by atoms with Crippen molar-refractivity contribution in [1.82, 2.24) is 5.32 Å². The molecule has 12 N–H and O–H groups in total. The molecule has 3 fully saturated rings. The van der Waals surface area contributed by atoms with E-state index >= 15 is 0 Å². The summed E-state index contributed by atoms with van der Waals surface area (Å²) in [5.41, 5.74) is 0. The molecule has 3 rings (SSSR count). The number of ether oxygens (including phenoxy) is 6. The highest BCUT2D eigenvalue weighted by molar-refractivity contribution is 5.76. The molecular formula is C67H113NO18. The molecule has 3 aliphatic rings. The van der Waals surface area contributed by atoms with Crippen LogP contribution in [0, 0.1) is 0 Å². The number of hydrogen-bond donors (Lipinski definition) is 12. The normalized spacial score (nSPS) is 29.4. The smallest absolute Gasteiger partial charge is 0.220 e. The van der Waals surface area contributed by atoms with E-state index < -0.39 is 124 Å². The summed E-state index contributed by atoms with van der Waals surface area (Å²) in [6.45, 7) is 1.55. The molecule has 19 heteroatoms. The van der Waals surface area contributed by atoms with Crippen molar-refractivity contribution < 1.29 is 89.4 Å². The number of nitrogens with one attached hydrogen (secondary N) is 1. The molecule has 0 aromatic heterocycles. The molecule has 19 nitrogen and oxygen atoms in total. The summed E-state index contributed by atoms with van der Waals surface area (Å²) in [5.74, 6) is -0.300. The maximum absolute atomic E-state index is 13.4. The van der Waals surface area contributed by atoms with Crippen LogP contribution in [-0.4, -0.2) is 193 Å². The lowest BCUT2D eigenvalue weighted by Gasteiger charge is -2.48. The highest BCUT2D eigenvalue weighted by atomic mass is 16.8. The Hall–Kier alpha value is -3.29. The molecule has 86 heavy (non-hydrogen) atoms. The molecule has 0 aliphatic carbocycles. The van der Waals surface area contributed by atoms with Gasteiger partial charge in [-0.25, -0.2) is 0 Å². The van der Waals surface area contributed by atoms with E-state index in [1.807, 2.05) is 6.08 Å². The second kappa shape index (κ2) is 48.5. The largest absolute Gasteiger partial charge is 0.394 e. The number of allylic oxidation sites excluding steroid dienone is 15. The number of amides is 1. The van der Waals surface area contributed by atoms with Crippen LogP contribution in [0.5, 0.6) is 0 Å². The standard InChI is InChI=1S/C67H113NO18/c1-3-5-7-9-11-13-15-17-19-20-21-22-23-24-25-26-27-28-29-30-31-33-35-37-39-41-43-45-55(73)68-50(51(72)44-42-40-38-36-34-32-18-16-14-12-10-8-6-4-2)49-81-65-61(79)58(76)63(53(47-70)83-65)86-67-62(80)59(77)64(54(48-71)84-67)85-66-60(78)57(75)56(74)52(46-69)82-66/h5,7,11,13,17,19,21-22,24-25,27-28,34,36,42,44,50-54,56-67,69-72,74-80H,3-4,6,8-10,12,14-16,18,20,23,26,29-33,35,37-41,43,45-49H2,1-2H3,(H,68,73)/b7-5-,13-11-,19-17-,22-21-,25-24-,28-27-,36-34+,44-42+. The summed E-state index contributed by atoms with van der Waals surface area (Å²) in [4.78, 5) is 13.4. The molecule has 0 saturated carbocycles. The van der Waals surface area contributed by atoms with Gasteiger partial charge in [-0.1, -0.05) is 195 Å². The molecular weight excluding hydrogens is 1110 g/mol. The van der Waals surface area contributed by atoms with Crippen LogP contribution in [0.3, 0.4) is 0 Å². The van der Waals surface area contributed by atoms with E-state index in [1.165, 1.54) is 51.4 Å². The van der Waals surface area contributed by atoms with Gasteiger partial charge in [0, 0.05) is 6.42 Å². The van der Waals surface area contributed by atoms with E-state index in [1.54, 1.807) is 6.08 Å². The first kappa shape index (κ1) is 77.0. The number of unbranched alkanes of at least 4 members (excludes halogenated alkanes) is 17. The zero-order chi connectivity index (χ0) is 62.6. The number of hydrogen-bond acceptors (Lipinski definition) is 18. The monoisotopic (exact) mass is 1220 g/mol.